The molecule has 4 fully saturated rings. The van der Waals surface area contributed by atoms with Gasteiger partial charge in [-0.25, -0.2) is 0 Å². The van der Waals surface area contributed by atoms with Crippen LogP contribution >= 0.6 is 15.9 Å². The Morgan fingerprint density at radius 2 is 1.69 bits per heavy atom. The van der Waals surface area contributed by atoms with E-state index in [1.165, 1.54) is 38.5 Å². The molecule has 0 aromatic carbocycles. The standard InChI is InChI=1S/C13H17BrN2/c14-12-7-15-16(8-12)13-4-9-1-10(5-13)3-11(2-9)6-13/h7-11H,1-6H2. The van der Waals surface area contributed by atoms with Crippen molar-refractivity contribution in [1.29, 1.82) is 0 Å². The Balaban J connectivity index is 1.76. The van der Waals surface area contributed by atoms with Crippen molar-refractivity contribution in [2.24, 2.45) is 17.8 Å². The van der Waals surface area contributed by atoms with E-state index < -0.39 is 0 Å². The van der Waals surface area contributed by atoms with Gasteiger partial charge in [-0.15, -0.1) is 0 Å². The minimum Gasteiger partial charge on any atom is -0.265 e. The lowest BCUT2D eigenvalue weighted by Gasteiger charge is -2.56. The third-order valence-corrected chi connectivity index (χ3v) is 5.45. The second-order valence-electron chi connectivity index (χ2n) is 6.25. The first-order valence-electron chi connectivity index (χ1n) is 6.44. The van der Waals surface area contributed by atoms with Crippen molar-refractivity contribution in [3.63, 3.8) is 0 Å². The molecule has 2 nitrogen and oxygen atoms in total. The molecule has 3 heteroatoms. The zero-order valence-corrected chi connectivity index (χ0v) is 11.0. The summed E-state index contributed by atoms with van der Waals surface area (Å²) in [6.45, 7) is 0. The quantitative estimate of drug-likeness (QED) is 0.769. The van der Waals surface area contributed by atoms with E-state index in [1.54, 1.807) is 0 Å². The molecule has 86 valence electrons. The number of hydrogen-bond acceptors (Lipinski definition) is 1. The second kappa shape index (κ2) is 3.12. The van der Waals surface area contributed by atoms with Crippen molar-refractivity contribution in [2.75, 3.05) is 0 Å². The normalized spacial score (nSPS) is 45.2. The van der Waals surface area contributed by atoms with Gasteiger partial charge in [-0.05, 0) is 72.2 Å². The van der Waals surface area contributed by atoms with E-state index in [4.69, 9.17) is 0 Å². The molecule has 4 saturated carbocycles. The Kier molecular flexibility index (Phi) is 1.89. The fraction of sp³-hybridized carbons (Fsp3) is 0.769. The number of hydrogen-bond donors (Lipinski definition) is 0. The van der Waals surface area contributed by atoms with Gasteiger partial charge >= 0.3 is 0 Å². The van der Waals surface area contributed by atoms with Gasteiger partial charge in [0.15, 0.2) is 0 Å². The molecular weight excluding hydrogens is 264 g/mol. The summed E-state index contributed by atoms with van der Waals surface area (Å²) in [6.07, 6.45) is 12.8. The van der Waals surface area contributed by atoms with E-state index in [1.807, 2.05) is 6.20 Å². The van der Waals surface area contributed by atoms with E-state index in [0.717, 1.165) is 22.2 Å². The summed E-state index contributed by atoms with van der Waals surface area (Å²) in [5.41, 5.74) is 0.390. The maximum absolute atomic E-state index is 4.58. The molecule has 0 atom stereocenters. The van der Waals surface area contributed by atoms with Crippen LogP contribution in [-0.2, 0) is 5.54 Å². The van der Waals surface area contributed by atoms with Crippen LogP contribution in [0.4, 0.5) is 0 Å². The van der Waals surface area contributed by atoms with Gasteiger partial charge in [0, 0.05) is 6.20 Å². The van der Waals surface area contributed by atoms with Crippen molar-refractivity contribution in [1.82, 2.24) is 9.78 Å². The van der Waals surface area contributed by atoms with Crippen LogP contribution in [0.3, 0.4) is 0 Å². The number of nitrogens with zero attached hydrogens (tertiary/aromatic N) is 2. The Morgan fingerprint density at radius 3 is 2.12 bits per heavy atom. The maximum Gasteiger partial charge on any atom is 0.0636 e. The zero-order valence-electron chi connectivity index (χ0n) is 9.40. The summed E-state index contributed by atoms with van der Waals surface area (Å²) < 4.78 is 3.41. The van der Waals surface area contributed by atoms with Gasteiger partial charge in [-0.3, -0.25) is 4.68 Å². The highest BCUT2D eigenvalue weighted by molar-refractivity contribution is 9.10. The molecule has 0 unspecified atom stereocenters. The first kappa shape index (κ1) is 9.69. The number of halogens is 1. The Bertz CT molecular complexity index is 388. The maximum atomic E-state index is 4.58. The highest BCUT2D eigenvalue weighted by Gasteiger charge is 2.52. The summed E-state index contributed by atoms with van der Waals surface area (Å²) in [7, 11) is 0. The molecule has 0 radical (unpaired) electrons. The summed E-state index contributed by atoms with van der Waals surface area (Å²) in [4.78, 5) is 0. The molecule has 4 aliphatic rings. The Morgan fingerprint density at radius 1 is 1.12 bits per heavy atom. The first-order valence-corrected chi connectivity index (χ1v) is 7.23. The van der Waals surface area contributed by atoms with E-state index in [0.29, 0.717) is 5.54 Å². The SMILES string of the molecule is Brc1cnn(C23CC4CC(CC(C4)C2)C3)c1. The molecule has 4 aliphatic carbocycles. The molecule has 1 heterocycles. The van der Waals surface area contributed by atoms with Crippen LogP contribution in [0.2, 0.25) is 0 Å². The van der Waals surface area contributed by atoms with E-state index in [-0.39, 0.29) is 0 Å². The zero-order chi connectivity index (χ0) is 10.8. The van der Waals surface area contributed by atoms with Crippen molar-refractivity contribution in [3.8, 4) is 0 Å². The predicted molar refractivity (Wildman–Crippen MR) is 66.1 cm³/mol. The summed E-state index contributed by atoms with van der Waals surface area (Å²) in [6, 6.07) is 0. The fourth-order valence-corrected chi connectivity index (χ4v) is 5.19. The molecule has 0 saturated heterocycles. The second-order valence-corrected chi connectivity index (χ2v) is 7.16. The summed E-state index contributed by atoms with van der Waals surface area (Å²) in [5.74, 6) is 2.98. The molecule has 0 N–H and O–H groups in total. The molecule has 0 aliphatic heterocycles. The van der Waals surface area contributed by atoms with Crippen LogP contribution in [-0.4, -0.2) is 9.78 Å². The van der Waals surface area contributed by atoms with Crippen LogP contribution in [0, 0.1) is 17.8 Å². The van der Waals surface area contributed by atoms with Crippen LogP contribution in [0.15, 0.2) is 16.9 Å². The molecule has 0 spiro atoms. The highest BCUT2D eigenvalue weighted by Crippen LogP contribution is 2.58. The van der Waals surface area contributed by atoms with Gasteiger partial charge < -0.3 is 0 Å². The van der Waals surface area contributed by atoms with Crippen LogP contribution < -0.4 is 0 Å². The molecule has 1 aromatic rings. The molecule has 0 amide bonds. The number of rotatable bonds is 1. The first-order chi connectivity index (χ1) is 7.73. The average molecular weight is 281 g/mol. The summed E-state index contributed by atoms with van der Waals surface area (Å²) >= 11 is 3.53. The minimum atomic E-state index is 0.390. The highest BCUT2D eigenvalue weighted by atomic mass is 79.9. The third-order valence-electron chi connectivity index (χ3n) is 5.04. The van der Waals surface area contributed by atoms with Crippen molar-refractivity contribution < 1.29 is 0 Å². The van der Waals surface area contributed by atoms with Gasteiger partial charge in [0.2, 0.25) is 0 Å². The van der Waals surface area contributed by atoms with Gasteiger partial charge in [0.05, 0.1) is 16.2 Å². The van der Waals surface area contributed by atoms with E-state index in [2.05, 4.69) is 31.9 Å². The van der Waals surface area contributed by atoms with E-state index >= 15 is 0 Å². The fourth-order valence-electron chi connectivity index (χ4n) is 4.91. The van der Waals surface area contributed by atoms with E-state index in [9.17, 15) is 0 Å². The Hall–Kier alpha value is -0.310. The summed E-state index contributed by atoms with van der Waals surface area (Å²) in [5, 5.41) is 4.58. The number of aromatic nitrogens is 2. The lowest BCUT2D eigenvalue weighted by atomic mass is 9.53. The van der Waals surface area contributed by atoms with Crippen molar-refractivity contribution in [3.05, 3.63) is 16.9 Å². The van der Waals surface area contributed by atoms with Gasteiger partial charge in [0.1, 0.15) is 0 Å². The minimum absolute atomic E-state index is 0.390. The molecule has 5 rings (SSSR count). The van der Waals surface area contributed by atoms with Gasteiger partial charge in [-0.1, -0.05) is 0 Å². The average Bonchev–Trinajstić information content (AvgIpc) is 2.63. The smallest absolute Gasteiger partial charge is 0.0636 e. The van der Waals surface area contributed by atoms with Crippen molar-refractivity contribution >= 4 is 15.9 Å². The molecular formula is C13H17BrN2. The topological polar surface area (TPSA) is 17.8 Å². The lowest BCUT2D eigenvalue weighted by molar-refractivity contribution is -0.0494. The Labute approximate surface area is 105 Å². The van der Waals surface area contributed by atoms with Crippen LogP contribution in [0.1, 0.15) is 38.5 Å². The van der Waals surface area contributed by atoms with Gasteiger partial charge in [-0.2, -0.15) is 5.10 Å². The largest absolute Gasteiger partial charge is 0.265 e. The molecule has 16 heavy (non-hydrogen) atoms. The van der Waals surface area contributed by atoms with Crippen LogP contribution in [0.25, 0.3) is 0 Å². The van der Waals surface area contributed by atoms with Gasteiger partial charge in [0.25, 0.3) is 0 Å². The van der Waals surface area contributed by atoms with Crippen LogP contribution in [0.5, 0.6) is 0 Å². The predicted octanol–water partition coefficient (Wildman–Crippen LogP) is 3.57. The monoisotopic (exact) mass is 280 g/mol. The van der Waals surface area contributed by atoms with Crippen molar-refractivity contribution in [2.45, 2.75) is 44.1 Å². The molecule has 1 aromatic heterocycles. The third kappa shape index (κ3) is 1.27. The lowest BCUT2D eigenvalue weighted by Crippen LogP contribution is -2.52. The molecule has 4 bridgehead atoms.